The number of hydrogen-bond donors (Lipinski definition) is 1. The van der Waals surface area contributed by atoms with Crippen molar-refractivity contribution in [3.8, 4) is 5.75 Å². The lowest BCUT2D eigenvalue weighted by Gasteiger charge is -2.07. The molecule has 1 heterocycles. The third-order valence-electron chi connectivity index (χ3n) is 3.46. The molecule has 128 valence electrons. The Hall–Kier alpha value is -1.76. The SMILES string of the molecule is Cc1ccc(SCCOc2ccc(/C=C3/SC(=S)NC3=O)cc2)cc1. The van der Waals surface area contributed by atoms with Crippen molar-refractivity contribution in [2.75, 3.05) is 12.4 Å². The summed E-state index contributed by atoms with van der Waals surface area (Å²) >= 11 is 8.04. The zero-order valence-electron chi connectivity index (χ0n) is 13.7. The summed E-state index contributed by atoms with van der Waals surface area (Å²) in [7, 11) is 0. The molecule has 2 aromatic rings. The van der Waals surface area contributed by atoms with Gasteiger partial charge in [0, 0.05) is 10.6 Å². The van der Waals surface area contributed by atoms with Crippen LogP contribution in [0.3, 0.4) is 0 Å². The fraction of sp³-hybridized carbons (Fsp3) is 0.158. The molecule has 3 rings (SSSR count). The molecular formula is C19H17NO2S3. The van der Waals surface area contributed by atoms with E-state index in [9.17, 15) is 4.79 Å². The van der Waals surface area contributed by atoms with Gasteiger partial charge in [0.25, 0.3) is 5.91 Å². The molecule has 0 aromatic heterocycles. The second kappa shape index (κ2) is 8.56. The number of aryl methyl sites for hydroxylation is 1. The zero-order chi connectivity index (χ0) is 17.6. The van der Waals surface area contributed by atoms with Crippen LogP contribution in [-0.2, 0) is 4.79 Å². The van der Waals surface area contributed by atoms with Crippen molar-refractivity contribution in [3.05, 3.63) is 64.6 Å². The average Bonchev–Trinajstić information content (AvgIpc) is 2.92. The molecule has 1 aliphatic rings. The molecule has 6 heteroatoms. The van der Waals surface area contributed by atoms with Gasteiger partial charge < -0.3 is 10.1 Å². The van der Waals surface area contributed by atoms with Gasteiger partial charge in [0.1, 0.15) is 10.1 Å². The third kappa shape index (κ3) is 5.36. The number of rotatable bonds is 6. The van der Waals surface area contributed by atoms with E-state index < -0.39 is 0 Å². The van der Waals surface area contributed by atoms with Crippen LogP contribution in [0.4, 0.5) is 0 Å². The second-order valence-electron chi connectivity index (χ2n) is 5.43. The minimum Gasteiger partial charge on any atom is -0.493 e. The molecule has 25 heavy (non-hydrogen) atoms. The highest BCUT2D eigenvalue weighted by atomic mass is 32.2. The van der Waals surface area contributed by atoms with Crippen molar-refractivity contribution in [1.29, 1.82) is 0 Å². The topological polar surface area (TPSA) is 38.3 Å². The van der Waals surface area contributed by atoms with Gasteiger partial charge >= 0.3 is 0 Å². The molecule has 2 aromatic carbocycles. The summed E-state index contributed by atoms with van der Waals surface area (Å²) in [5, 5.41) is 2.61. The second-order valence-corrected chi connectivity index (χ2v) is 8.32. The van der Waals surface area contributed by atoms with Gasteiger partial charge in [-0.05, 0) is 42.8 Å². The quantitative estimate of drug-likeness (QED) is 0.338. The van der Waals surface area contributed by atoms with E-state index in [1.807, 2.05) is 30.3 Å². The van der Waals surface area contributed by atoms with Crippen LogP contribution in [0.25, 0.3) is 6.08 Å². The Morgan fingerprint density at radius 3 is 2.52 bits per heavy atom. The maximum atomic E-state index is 11.7. The van der Waals surface area contributed by atoms with Crippen LogP contribution in [0, 0.1) is 6.92 Å². The van der Waals surface area contributed by atoms with Crippen molar-refractivity contribution >= 4 is 52.0 Å². The number of amides is 1. The van der Waals surface area contributed by atoms with Crippen LogP contribution in [-0.4, -0.2) is 22.6 Å². The van der Waals surface area contributed by atoms with E-state index in [0.29, 0.717) is 15.8 Å². The lowest BCUT2D eigenvalue weighted by molar-refractivity contribution is -0.115. The summed E-state index contributed by atoms with van der Waals surface area (Å²) < 4.78 is 6.27. The zero-order valence-corrected chi connectivity index (χ0v) is 16.1. The summed E-state index contributed by atoms with van der Waals surface area (Å²) in [4.78, 5) is 13.5. The number of nitrogens with one attached hydrogen (secondary N) is 1. The van der Waals surface area contributed by atoms with E-state index in [1.54, 1.807) is 11.8 Å². The number of carbonyl (C=O) groups is 1. The fourth-order valence-corrected chi connectivity index (χ4v) is 3.96. The molecule has 1 saturated heterocycles. The van der Waals surface area contributed by atoms with E-state index in [-0.39, 0.29) is 5.91 Å². The summed E-state index contributed by atoms with van der Waals surface area (Å²) in [6.07, 6.45) is 1.83. The van der Waals surface area contributed by atoms with Gasteiger partial charge in [-0.15, -0.1) is 11.8 Å². The number of ether oxygens (including phenoxy) is 1. The van der Waals surface area contributed by atoms with Crippen LogP contribution in [0.1, 0.15) is 11.1 Å². The van der Waals surface area contributed by atoms with Gasteiger partial charge in [-0.1, -0.05) is 53.8 Å². The summed E-state index contributed by atoms with van der Waals surface area (Å²) in [6.45, 7) is 2.73. The minimum atomic E-state index is -0.136. The van der Waals surface area contributed by atoms with Crippen LogP contribution in [0.5, 0.6) is 5.75 Å². The predicted molar refractivity (Wildman–Crippen MR) is 110 cm³/mol. The van der Waals surface area contributed by atoms with Gasteiger partial charge in [-0.3, -0.25) is 4.79 Å². The minimum absolute atomic E-state index is 0.136. The van der Waals surface area contributed by atoms with E-state index in [2.05, 4.69) is 36.5 Å². The van der Waals surface area contributed by atoms with Crippen molar-refractivity contribution in [2.45, 2.75) is 11.8 Å². The first-order valence-corrected chi connectivity index (χ1v) is 9.98. The molecular weight excluding hydrogens is 370 g/mol. The Morgan fingerprint density at radius 2 is 1.88 bits per heavy atom. The molecule has 0 aliphatic carbocycles. The maximum Gasteiger partial charge on any atom is 0.263 e. The molecule has 1 amide bonds. The number of thiocarbonyl (C=S) groups is 1. The van der Waals surface area contributed by atoms with Gasteiger partial charge in [-0.25, -0.2) is 0 Å². The van der Waals surface area contributed by atoms with Crippen molar-refractivity contribution < 1.29 is 9.53 Å². The standard InChI is InChI=1S/C19H17NO2S3/c1-13-2-8-16(9-3-13)24-11-10-22-15-6-4-14(5-7-15)12-17-18(21)20-19(23)25-17/h2-9,12H,10-11H2,1H3,(H,20,21,23)/b17-12+. The average molecular weight is 388 g/mol. The van der Waals surface area contributed by atoms with Gasteiger partial charge in [0.05, 0.1) is 11.5 Å². The number of carbonyl (C=O) groups excluding carboxylic acids is 1. The Balaban J connectivity index is 1.48. The lowest BCUT2D eigenvalue weighted by atomic mass is 10.2. The van der Waals surface area contributed by atoms with Crippen LogP contribution >= 0.6 is 35.7 Å². The number of hydrogen-bond acceptors (Lipinski definition) is 5. The molecule has 0 spiro atoms. The highest BCUT2D eigenvalue weighted by Gasteiger charge is 2.21. The van der Waals surface area contributed by atoms with E-state index >= 15 is 0 Å². The van der Waals surface area contributed by atoms with Crippen molar-refractivity contribution in [3.63, 3.8) is 0 Å². The number of benzene rings is 2. The molecule has 0 bridgehead atoms. The molecule has 0 atom stereocenters. The van der Waals surface area contributed by atoms with E-state index in [1.165, 1.54) is 22.2 Å². The van der Waals surface area contributed by atoms with Crippen LogP contribution < -0.4 is 10.1 Å². The summed E-state index contributed by atoms with van der Waals surface area (Å²) in [5.74, 6) is 1.58. The molecule has 3 nitrogen and oxygen atoms in total. The lowest BCUT2D eigenvalue weighted by Crippen LogP contribution is -2.17. The first kappa shape index (κ1) is 18.0. The number of thioether (sulfide) groups is 2. The van der Waals surface area contributed by atoms with Gasteiger partial charge in [0.15, 0.2) is 0 Å². The summed E-state index contributed by atoms with van der Waals surface area (Å²) in [6, 6.07) is 16.2. The summed E-state index contributed by atoms with van der Waals surface area (Å²) in [5.41, 5.74) is 2.22. The first-order valence-electron chi connectivity index (χ1n) is 7.77. The van der Waals surface area contributed by atoms with Gasteiger partial charge in [0.2, 0.25) is 0 Å². The highest BCUT2D eigenvalue weighted by molar-refractivity contribution is 8.26. The molecule has 0 saturated carbocycles. The molecule has 1 N–H and O–H groups in total. The Bertz CT molecular complexity index is 798. The Kier molecular flexibility index (Phi) is 6.18. The monoisotopic (exact) mass is 387 g/mol. The molecule has 1 aliphatic heterocycles. The highest BCUT2D eigenvalue weighted by Crippen LogP contribution is 2.26. The van der Waals surface area contributed by atoms with E-state index in [0.717, 1.165) is 17.1 Å². The molecule has 1 fully saturated rings. The van der Waals surface area contributed by atoms with Gasteiger partial charge in [-0.2, -0.15) is 0 Å². The maximum absolute atomic E-state index is 11.7. The van der Waals surface area contributed by atoms with Crippen molar-refractivity contribution in [1.82, 2.24) is 5.32 Å². The van der Waals surface area contributed by atoms with Crippen LogP contribution in [0.15, 0.2) is 58.3 Å². The Morgan fingerprint density at radius 1 is 1.16 bits per heavy atom. The first-order chi connectivity index (χ1) is 12.1. The normalized spacial score (nSPS) is 15.5. The fourth-order valence-electron chi connectivity index (χ4n) is 2.19. The third-order valence-corrected chi connectivity index (χ3v) is 5.60. The smallest absolute Gasteiger partial charge is 0.263 e. The Labute approximate surface area is 161 Å². The van der Waals surface area contributed by atoms with Crippen LogP contribution in [0.2, 0.25) is 0 Å². The molecule has 0 radical (unpaired) electrons. The molecule has 0 unspecified atom stereocenters. The predicted octanol–water partition coefficient (Wildman–Crippen LogP) is 4.65. The van der Waals surface area contributed by atoms with E-state index in [4.69, 9.17) is 17.0 Å². The largest absolute Gasteiger partial charge is 0.493 e. The van der Waals surface area contributed by atoms with Crippen molar-refractivity contribution in [2.24, 2.45) is 0 Å².